The Bertz CT molecular complexity index is 262. The van der Waals surface area contributed by atoms with Gasteiger partial charge in [0.25, 0.3) is 0 Å². The van der Waals surface area contributed by atoms with Crippen molar-refractivity contribution < 1.29 is 9.50 Å². The van der Waals surface area contributed by atoms with Gasteiger partial charge in [0.15, 0.2) is 0 Å². The van der Waals surface area contributed by atoms with E-state index in [0.29, 0.717) is 6.42 Å². The lowest BCUT2D eigenvalue weighted by Crippen LogP contribution is -2.31. The van der Waals surface area contributed by atoms with Gasteiger partial charge in [-0.2, -0.15) is 0 Å². The van der Waals surface area contributed by atoms with E-state index in [1.54, 1.807) is 13.1 Å². The summed E-state index contributed by atoms with van der Waals surface area (Å²) in [4.78, 5) is 0. The number of halogens is 1. The summed E-state index contributed by atoms with van der Waals surface area (Å²) in [5.74, 6) is -0.231. The number of hydrogen-bond acceptors (Lipinski definition) is 2. The maximum Gasteiger partial charge on any atom is 0.123 e. The minimum absolute atomic E-state index is 0.00167. The van der Waals surface area contributed by atoms with Gasteiger partial charge in [0.05, 0.1) is 6.61 Å². The van der Waals surface area contributed by atoms with Gasteiger partial charge < -0.3 is 10.4 Å². The van der Waals surface area contributed by atoms with E-state index >= 15 is 0 Å². The second kappa shape index (κ2) is 8.38. The number of likely N-dealkylation sites (N-methyl/N-ethyl adjacent to an activating group) is 1. The van der Waals surface area contributed by atoms with E-state index in [1.165, 1.54) is 12.1 Å². The molecule has 0 aliphatic carbocycles. The summed E-state index contributed by atoms with van der Waals surface area (Å²) in [6.07, 6.45) is 0.644. The number of aliphatic hydroxyl groups is 1. The molecule has 2 N–H and O–H groups in total. The molecule has 0 spiro atoms. The summed E-state index contributed by atoms with van der Waals surface area (Å²) < 4.78 is 12.7. The molecule has 0 bridgehead atoms. The van der Waals surface area contributed by atoms with Crippen molar-refractivity contribution in [2.75, 3.05) is 13.7 Å². The highest BCUT2D eigenvalue weighted by atomic mass is 19.1. The van der Waals surface area contributed by atoms with Gasteiger partial charge in [0, 0.05) is 6.04 Å². The van der Waals surface area contributed by atoms with E-state index in [9.17, 15) is 4.39 Å². The number of aliphatic hydroxyl groups excluding tert-OH is 1. The molecule has 3 heteroatoms. The van der Waals surface area contributed by atoms with Gasteiger partial charge in [-0.15, -0.1) is 0 Å². The van der Waals surface area contributed by atoms with Crippen LogP contribution in [-0.4, -0.2) is 24.8 Å². The molecular formula is C12H20FNO. The molecule has 2 nitrogen and oxygen atoms in total. The average Bonchev–Trinajstić information content (AvgIpc) is 2.29. The van der Waals surface area contributed by atoms with Crippen molar-refractivity contribution in [1.29, 1.82) is 0 Å². The van der Waals surface area contributed by atoms with Gasteiger partial charge in [0.1, 0.15) is 5.82 Å². The Balaban J connectivity index is 0.000000921. The van der Waals surface area contributed by atoms with Crippen LogP contribution in [0.15, 0.2) is 24.3 Å². The second-order valence-corrected chi connectivity index (χ2v) is 3.00. The van der Waals surface area contributed by atoms with Crippen molar-refractivity contribution in [3.8, 4) is 0 Å². The molecule has 1 rings (SSSR count). The van der Waals surface area contributed by atoms with Crippen molar-refractivity contribution >= 4 is 0 Å². The normalized spacial score (nSPS) is 11.5. The van der Waals surface area contributed by atoms with Gasteiger partial charge in [-0.05, 0) is 31.2 Å². The molecule has 86 valence electrons. The highest BCUT2D eigenvalue weighted by molar-refractivity contribution is 5.17. The smallest absolute Gasteiger partial charge is 0.123 e. The van der Waals surface area contributed by atoms with E-state index in [4.69, 9.17) is 5.11 Å². The Kier molecular flexibility index (Phi) is 7.86. The van der Waals surface area contributed by atoms with Gasteiger partial charge in [-0.25, -0.2) is 4.39 Å². The average molecular weight is 213 g/mol. The summed E-state index contributed by atoms with van der Waals surface area (Å²) in [7, 11) is 1.78. The molecule has 1 aromatic rings. The third kappa shape index (κ3) is 5.50. The Morgan fingerprint density at radius 3 is 2.53 bits per heavy atom. The molecule has 0 saturated heterocycles. The zero-order valence-electron chi connectivity index (χ0n) is 9.63. The largest absolute Gasteiger partial charge is 0.395 e. The molecule has 0 fully saturated rings. The van der Waals surface area contributed by atoms with Crippen LogP contribution in [0.5, 0.6) is 0 Å². The highest BCUT2D eigenvalue weighted by Gasteiger charge is 2.05. The van der Waals surface area contributed by atoms with Gasteiger partial charge in [-0.1, -0.05) is 26.0 Å². The quantitative estimate of drug-likeness (QED) is 0.801. The maximum atomic E-state index is 12.7. The molecule has 0 amide bonds. The van der Waals surface area contributed by atoms with Gasteiger partial charge >= 0.3 is 0 Å². The first-order valence-electron chi connectivity index (χ1n) is 5.29. The third-order valence-corrected chi connectivity index (χ3v) is 2.00. The van der Waals surface area contributed by atoms with Crippen LogP contribution in [0.3, 0.4) is 0 Å². The van der Waals surface area contributed by atoms with Gasteiger partial charge in [0.2, 0.25) is 0 Å². The van der Waals surface area contributed by atoms with Crippen LogP contribution in [0, 0.1) is 5.82 Å². The maximum absolute atomic E-state index is 12.7. The predicted octanol–water partition coefficient (Wildman–Crippen LogP) is 1.97. The lowest BCUT2D eigenvalue weighted by molar-refractivity contribution is 0.248. The van der Waals surface area contributed by atoms with E-state index in [1.807, 2.05) is 19.9 Å². The predicted molar refractivity (Wildman–Crippen MR) is 61.4 cm³/mol. The monoisotopic (exact) mass is 213 g/mol. The molecule has 1 aromatic carbocycles. The van der Waals surface area contributed by atoms with Crippen LogP contribution in [0.2, 0.25) is 0 Å². The molecule has 1 atom stereocenters. The van der Waals surface area contributed by atoms with Crippen LogP contribution < -0.4 is 5.32 Å². The minimum atomic E-state index is -0.231. The Morgan fingerprint density at radius 2 is 2.07 bits per heavy atom. The molecule has 1 unspecified atom stereocenters. The lowest BCUT2D eigenvalue weighted by Gasteiger charge is -2.12. The van der Waals surface area contributed by atoms with Crippen molar-refractivity contribution in [3.63, 3.8) is 0 Å². The van der Waals surface area contributed by atoms with E-state index in [-0.39, 0.29) is 18.5 Å². The molecule has 0 aromatic heterocycles. The Hall–Kier alpha value is -0.930. The van der Waals surface area contributed by atoms with Crippen LogP contribution in [0.4, 0.5) is 4.39 Å². The topological polar surface area (TPSA) is 32.3 Å². The second-order valence-electron chi connectivity index (χ2n) is 3.00. The zero-order chi connectivity index (χ0) is 11.7. The SMILES string of the molecule is CC.CNC(CO)Cc1cccc(F)c1. The van der Waals surface area contributed by atoms with Crippen LogP contribution in [-0.2, 0) is 6.42 Å². The van der Waals surface area contributed by atoms with Gasteiger partial charge in [-0.3, -0.25) is 0 Å². The van der Waals surface area contributed by atoms with Crippen LogP contribution in [0.1, 0.15) is 19.4 Å². The fourth-order valence-corrected chi connectivity index (χ4v) is 1.21. The number of benzene rings is 1. The first-order valence-corrected chi connectivity index (χ1v) is 5.29. The molecule has 0 heterocycles. The van der Waals surface area contributed by atoms with Crippen molar-refractivity contribution in [2.45, 2.75) is 26.3 Å². The summed E-state index contributed by atoms with van der Waals surface area (Å²) >= 11 is 0. The molecule has 0 aliphatic rings. The summed E-state index contributed by atoms with van der Waals surface area (Å²) in [6, 6.07) is 6.43. The number of nitrogens with one attached hydrogen (secondary N) is 1. The molecule has 15 heavy (non-hydrogen) atoms. The van der Waals surface area contributed by atoms with Crippen LogP contribution in [0.25, 0.3) is 0 Å². The van der Waals surface area contributed by atoms with Crippen molar-refractivity contribution in [1.82, 2.24) is 5.32 Å². The van der Waals surface area contributed by atoms with E-state index in [2.05, 4.69) is 5.32 Å². The lowest BCUT2D eigenvalue weighted by atomic mass is 10.1. The van der Waals surface area contributed by atoms with Crippen molar-refractivity contribution in [2.24, 2.45) is 0 Å². The fraction of sp³-hybridized carbons (Fsp3) is 0.500. The third-order valence-electron chi connectivity index (χ3n) is 2.00. The highest BCUT2D eigenvalue weighted by Crippen LogP contribution is 2.05. The fourth-order valence-electron chi connectivity index (χ4n) is 1.21. The zero-order valence-corrected chi connectivity index (χ0v) is 9.63. The van der Waals surface area contributed by atoms with E-state index < -0.39 is 0 Å². The summed E-state index contributed by atoms with van der Waals surface area (Å²) in [6.45, 7) is 4.06. The standard InChI is InChI=1S/C10H14FNO.C2H6/c1-12-10(7-13)6-8-3-2-4-9(11)5-8;1-2/h2-5,10,12-13H,6-7H2,1H3;1-2H3. The first kappa shape index (κ1) is 14.1. The molecule has 0 radical (unpaired) electrons. The molecular weight excluding hydrogens is 193 g/mol. The first-order chi connectivity index (χ1) is 7.26. The summed E-state index contributed by atoms with van der Waals surface area (Å²) in [5, 5.41) is 11.8. The number of rotatable bonds is 4. The minimum Gasteiger partial charge on any atom is -0.395 e. The Labute approximate surface area is 91.1 Å². The van der Waals surface area contributed by atoms with E-state index in [0.717, 1.165) is 5.56 Å². The summed E-state index contributed by atoms with van der Waals surface area (Å²) in [5.41, 5.74) is 0.897. The van der Waals surface area contributed by atoms with Crippen LogP contribution >= 0.6 is 0 Å². The number of hydrogen-bond donors (Lipinski definition) is 2. The Morgan fingerprint density at radius 1 is 1.40 bits per heavy atom. The molecule has 0 saturated carbocycles. The molecule has 0 aliphatic heterocycles. The van der Waals surface area contributed by atoms with Crippen molar-refractivity contribution in [3.05, 3.63) is 35.6 Å².